The van der Waals surface area contributed by atoms with Gasteiger partial charge in [-0.15, -0.1) is 0 Å². The van der Waals surface area contributed by atoms with E-state index in [0.29, 0.717) is 43.9 Å². The van der Waals surface area contributed by atoms with E-state index >= 15 is 0 Å². The molecule has 314 valence electrons. The van der Waals surface area contributed by atoms with Gasteiger partial charge in [-0.05, 0) is 18.1 Å². The summed E-state index contributed by atoms with van der Waals surface area (Å²) < 4.78 is 0. The molecule has 10 heteroatoms. The van der Waals surface area contributed by atoms with Crippen molar-refractivity contribution in [1.29, 1.82) is 0 Å². The van der Waals surface area contributed by atoms with Gasteiger partial charge in [0.15, 0.2) is 17.3 Å². The van der Waals surface area contributed by atoms with Gasteiger partial charge in [0.2, 0.25) is 0 Å². The number of aryl methyl sites for hydroxylation is 1. The summed E-state index contributed by atoms with van der Waals surface area (Å²) >= 11 is 3.38. The lowest BCUT2D eigenvalue weighted by molar-refractivity contribution is 0.103. The standard InChI is InChI=1S/C18H21NO3.C14H11BrO.C14H12O.C4H11NO2/c20-12-10-19(11-13-21)14-15-6-8-17(9-7-15)18(22)16-4-2-1-3-5-16;15-10-11-6-8-13(9-7-11)14(16)12-4-2-1-3-5-12;1-11-7-9-13(10-8-11)14(15)12-5-3-2-4-6-12;6-3-1-5-2-4-7/h1-9,20-21H,10-14H2;1-9H,10H2;2-10H,1H3;5-7H,1-4H2. The highest BCUT2D eigenvalue weighted by Crippen LogP contribution is 2.14. The van der Waals surface area contributed by atoms with Gasteiger partial charge in [-0.25, -0.2) is 0 Å². The van der Waals surface area contributed by atoms with E-state index in [9.17, 15) is 14.4 Å². The van der Waals surface area contributed by atoms with Gasteiger partial charge >= 0.3 is 0 Å². The van der Waals surface area contributed by atoms with Gasteiger partial charge < -0.3 is 25.7 Å². The minimum absolute atomic E-state index is 0.00900. The molecule has 0 aliphatic heterocycles. The Hall–Kier alpha value is -5.43. The summed E-state index contributed by atoms with van der Waals surface area (Å²) in [5, 5.41) is 37.9. The molecule has 60 heavy (non-hydrogen) atoms. The molecule has 0 unspecified atom stereocenters. The number of carbonyl (C=O) groups excluding carboxylic acids is 3. The Morgan fingerprint density at radius 2 is 0.767 bits per heavy atom. The van der Waals surface area contributed by atoms with E-state index in [1.54, 1.807) is 12.1 Å². The molecule has 9 nitrogen and oxygen atoms in total. The van der Waals surface area contributed by atoms with Crippen LogP contribution in [0.5, 0.6) is 0 Å². The predicted octanol–water partition coefficient (Wildman–Crippen LogP) is 7.30. The zero-order valence-corrected chi connectivity index (χ0v) is 35.6. The average Bonchev–Trinajstić information content (AvgIpc) is 3.31. The lowest BCUT2D eigenvalue weighted by Crippen LogP contribution is -2.29. The third-order valence-electron chi connectivity index (χ3n) is 8.82. The number of halogens is 1. The molecular formula is C50H55BrN2O7. The summed E-state index contributed by atoms with van der Waals surface area (Å²) in [4.78, 5) is 38.3. The maximum atomic E-state index is 12.3. The van der Waals surface area contributed by atoms with Crippen molar-refractivity contribution < 1.29 is 34.8 Å². The molecule has 0 saturated carbocycles. The topological polar surface area (TPSA) is 147 Å². The number of aliphatic hydroxyl groups excluding tert-OH is 4. The number of rotatable bonds is 17. The van der Waals surface area contributed by atoms with Crippen LogP contribution in [-0.4, -0.2) is 95.3 Å². The summed E-state index contributed by atoms with van der Waals surface area (Å²) in [6.07, 6.45) is 0. The van der Waals surface area contributed by atoms with Crippen molar-refractivity contribution in [2.24, 2.45) is 0 Å². The molecule has 0 radical (unpaired) electrons. The first kappa shape index (κ1) is 48.9. The van der Waals surface area contributed by atoms with E-state index < -0.39 is 0 Å². The van der Waals surface area contributed by atoms with Gasteiger partial charge in [-0.3, -0.25) is 19.3 Å². The fourth-order valence-electron chi connectivity index (χ4n) is 5.57. The van der Waals surface area contributed by atoms with Crippen LogP contribution in [0.15, 0.2) is 164 Å². The van der Waals surface area contributed by atoms with E-state index in [-0.39, 0.29) is 43.8 Å². The Bertz CT molecular complexity index is 2070. The van der Waals surface area contributed by atoms with Crippen molar-refractivity contribution >= 4 is 33.3 Å². The van der Waals surface area contributed by atoms with Crippen LogP contribution in [0.25, 0.3) is 0 Å². The molecular weight excluding hydrogens is 820 g/mol. The summed E-state index contributed by atoms with van der Waals surface area (Å²) in [6, 6.07) is 50.6. The smallest absolute Gasteiger partial charge is 0.193 e. The quantitative estimate of drug-likeness (QED) is 0.0362. The Morgan fingerprint density at radius 1 is 0.450 bits per heavy atom. The molecule has 0 heterocycles. The van der Waals surface area contributed by atoms with Crippen LogP contribution >= 0.6 is 15.9 Å². The highest BCUT2D eigenvalue weighted by molar-refractivity contribution is 9.08. The largest absolute Gasteiger partial charge is 0.395 e. The monoisotopic (exact) mass is 874 g/mol. The predicted molar refractivity (Wildman–Crippen MR) is 243 cm³/mol. The Morgan fingerprint density at radius 3 is 1.08 bits per heavy atom. The molecule has 0 atom stereocenters. The summed E-state index contributed by atoms with van der Waals surface area (Å²) in [5.41, 5.74) is 7.66. The first-order valence-corrected chi connectivity index (χ1v) is 20.8. The Labute approximate surface area is 362 Å². The molecule has 0 saturated heterocycles. The van der Waals surface area contributed by atoms with Crippen LogP contribution in [0.2, 0.25) is 0 Å². The second-order valence-corrected chi connectivity index (χ2v) is 14.0. The van der Waals surface area contributed by atoms with Gasteiger partial charge in [0, 0.05) is 71.4 Å². The fraction of sp³-hybridized carbons (Fsp3) is 0.220. The highest BCUT2D eigenvalue weighted by Gasteiger charge is 2.11. The van der Waals surface area contributed by atoms with Crippen LogP contribution < -0.4 is 5.32 Å². The van der Waals surface area contributed by atoms with Crippen molar-refractivity contribution in [2.45, 2.75) is 18.8 Å². The van der Waals surface area contributed by atoms with E-state index in [1.807, 2.05) is 163 Å². The van der Waals surface area contributed by atoms with Gasteiger partial charge in [0.25, 0.3) is 0 Å². The summed E-state index contributed by atoms with van der Waals surface area (Å²) in [6.45, 7) is 5.23. The molecule has 6 aromatic rings. The van der Waals surface area contributed by atoms with Crippen molar-refractivity contribution in [3.63, 3.8) is 0 Å². The lowest BCUT2D eigenvalue weighted by Gasteiger charge is -2.20. The number of alkyl halides is 1. The number of ketones is 3. The van der Waals surface area contributed by atoms with Crippen LogP contribution in [0, 0.1) is 6.92 Å². The van der Waals surface area contributed by atoms with Crippen molar-refractivity contribution in [3.8, 4) is 0 Å². The number of hydrogen-bond donors (Lipinski definition) is 5. The summed E-state index contributed by atoms with van der Waals surface area (Å²) in [5.74, 6) is 0.159. The number of carbonyl (C=O) groups is 3. The van der Waals surface area contributed by atoms with Crippen LogP contribution in [0.1, 0.15) is 64.5 Å². The summed E-state index contributed by atoms with van der Waals surface area (Å²) in [7, 11) is 0. The van der Waals surface area contributed by atoms with Gasteiger partial charge in [0.05, 0.1) is 26.4 Å². The number of benzene rings is 6. The Balaban J connectivity index is 0.000000226. The maximum Gasteiger partial charge on any atom is 0.193 e. The molecule has 0 bridgehead atoms. The van der Waals surface area contributed by atoms with E-state index in [2.05, 4.69) is 21.2 Å². The molecule has 5 N–H and O–H groups in total. The van der Waals surface area contributed by atoms with E-state index in [0.717, 1.165) is 33.1 Å². The second-order valence-electron chi connectivity index (χ2n) is 13.4. The zero-order chi connectivity index (χ0) is 43.4. The molecule has 6 rings (SSSR count). The minimum atomic E-state index is 0.00900. The molecule has 0 amide bonds. The molecule has 0 aromatic heterocycles. The second kappa shape index (κ2) is 28.9. The third kappa shape index (κ3) is 17.8. The number of nitrogens with one attached hydrogen (secondary N) is 1. The normalized spacial score (nSPS) is 10.2. The van der Waals surface area contributed by atoms with E-state index in [1.165, 1.54) is 11.1 Å². The van der Waals surface area contributed by atoms with Gasteiger partial charge in [0.1, 0.15) is 0 Å². The number of nitrogens with zero attached hydrogens (tertiary/aromatic N) is 1. The first-order chi connectivity index (χ1) is 29.2. The number of hydrogen-bond acceptors (Lipinski definition) is 9. The van der Waals surface area contributed by atoms with Crippen molar-refractivity contribution in [3.05, 3.63) is 214 Å². The first-order valence-electron chi connectivity index (χ1n) is 19.7. The zero-order valence-electron chi connectivity index (χ0n) is 34.0. The lowest BCUT2D eigenvalue weighted by atomic mass is 10.0. The van der Waals surface area contributed by atoms with Crippen molar-refractivity contribution in [1.82, 2.24) is 10.2 Å². The number of aliphatic hydroxyl groups is 4. The van der Waals surface area contributed by atoms with Crippen LogP contribution in [0.4, 0.5) is 0 Å². The molecule has 0 aliphatic rings. The molecule has 0 fully saturated rings. The molecule has 0 aliphatic carbocycles. The Kier molecular flexibility index (Phi) is 23.6. The SMILES string of the molecule is Cc1ccc(C(=O)c2ccccc2)cc1.O=C(c1ccccc1)c1ccc(CBr)cc1.O=C(c1ccccc1)c1ccc(CN(CCO)CCO)cc1.OCCNCCO. The molecule has 6 aromatic carbocycles. The van der Waals surface area contributed by atoms with Gasteiger partial charge in [-0.2, -0.15) is 0 Å². The molecule has 0 spiro atoms. The highest BCUT2D eigenvalue weighted by atomic mass is 79.9. The minimum Gasteiger partial charge on any atom is -0.395 e. The third-order valence-corrected chi connectivity index (χ3v) is 9.47. The van der Waals surface area contributed by atoms with Gasteiger partial charge in [-0.1, -0.05) is 185 Å². The maximum absolute atomic E-state index is 12.3. The van der Waals surface area contributed by atoms with Crippen molar-refractivity contribution in [2.75, 3.05) is 52.6 Å². The van der Waals surface area contributed by atoms with Crippen LogP contribution in [0.3, 0.4) is 0 Å². The van der Waals surface area contributed by atoms with E-state index in [4.69, 9.17) is 20.4 Å². The fourth-order valence-corrected chi connectivity index (χ4v) is 5.95. The average molecular weight is 876 g/mol. The van der Waals surface area contributed by atoms with Crippen LogP contribution in [-0.2, 0) is 11.9 Å².